The molecule has 0 radical (unpaired) electrons. The third-order valence-electron chi connectivity index (χ3n) is 6.27. The number of aliphatic hydroxyl groups is 1. The number of fused-ring (bicyclic) bond motifs is 2. The highest BCUT2D eigenvalue weighted by atomic mass is 32.1. The van der Waals surface area contributed by atoms with Crippen molar-refractivity contribution in [1.29, 1.82) is 0 Å². The fraction of sp³-hybridized carbons (Fsp3) is 0.360. The molecule has 2 atom stereocenters. The molecular formula is C25H26NO4S2+. The second kappa shape index (κ2) is 9.17. The summed E-state index contributed by atoms with van der Waals surface area (Å²) in [7, 11) is 0. The van der Waals surface area contributed by atoms with Gasteiger partial charge in [0.25, 0.3) is 0 Å². The van der Waals surface area contributed by atoms with Crippen molar-refractivity contribution in [3.63, 3.8) is 0 Å². The summed E-state index contributed by atoms with van der Waals surface area (Å²) in [6, 6.07) is 17.1. The zero-order valence-electron chi connectivity index (χ0n) is 17.7. The van der Waals surface area contributed by atoms with E-state index < -0.39 is 11.6 Å². The smallest absolute Gasteiger partial charge is 0.350 e. The summed E-state index contributed by atoms with van der Waals surface area (Å²) in [5.41, 5.74) is -0.574. The molecule has 2 aromatic heterocycles. The Kier molecular flexibility index (Phi) is 6.13. The minimum absolute atomic E-state index is 0.238. The second-order valence-electron chi connectivity index (χ2n) is 8.24. The van der Waals surface area contributed by atoms with Crippen LogP contribution in [0.3, 0.4) is 0 Å². The number of carbonyl (C=O) groups is 1. The molecule has 7 heteroatoms. The van der Waals surface area contributed by atoms with E-state index in [0.29, 0.717) is 22.3 Å². The summed E-state index contributed by atoms with van der Waals surface area (Å²) >= 11 is 2.73. The summed E-state index contributed by atoms with van der Waals surface area (Å²) in [6.45, 7) is 2.51. The average molecular weight is 469 g/mol. The monoisotopic (exact) mass is 468 g/mol. The number of thiophene rings is 2. The van der Waals surface area contributed by atoms with Crippen LogP contribution in [0.1, 0.15) is 29.0 Å². The van der Waals surface area contributed by atoms with Crippen LogP contribution in [0.2, 0.25) is 0 Å². The molecule has 5 nitrogen and oxygen atoms in total. The number of para-hydroxylation sites is 1. The molecule has 0 saturated heterocycles. The van der Waals surface area contributed by atoms with Crippen LogP contribution in [0.5, 0.6) is 5.75 Å². The first kappa shape index (κ1) is 21.4. The van der Waals surface area contributed by atoms with Crippen molar-refractivity contribution in [3.8, 4) is 5.75 Å². The van der Waals surface area contributed by atoms with Crippen LogP contribution < -0.4 is 4.74 Å². The lowest BCUT2D eigenvalue weighted by molar-refractivity contribution is -0.547. The molecule has 1 N–H and O–H groups in total. The van der Waals surface area contributed by atoms with Gasteiger partial charge in [0.1, 0.15) is 18.8 Å². The van der Waals surface area contributed by atoms with Crippen molar-refractivity contribution >= 4 is 34.4 Å². The quantitative estimate of drug-likeness (QED) is 0.289. The highest BCUT2D eigenvalue weighted by Gasteiger charge is 2.53. The van der Waals surface area contributed by atoms with Gasteiger partial charge in [-0.15, -0.1) is 22.7 Å². The SMILES string of the molecule is O=C(O[C@H]1C2=[N+](CCCOc3ccccc3)CC[C@@H]1C2)C(O)(c1cccs1)c1cccs1. The molecule has 1 aromatic carbocycles. The van der Waals surface area contributed by atoms with Gasteiger partial charge in [-0.25, -0.2) is 9.37 Å². The Morgan fingerprint density at radius 3 is 2.41 bits per heavy atom. The number of ether oxygens (including phenoxy) is 2. The Morgan fingerprint density at radius 2 is 1.78 bits per heavy atom. The molecule has 32 heavy (non-hydrogen) atoms. The first-order valence-corrected chi connectivity index (χ1v) is 12.7. The van der Waals surface area contributed by atoms with E-state index >= 15 is 0 Å². The molecule has 2 aliphatic heterocycles. The zero-order chi connectivity index (χ0) is 22.0. The fourth-order valence-electron chi connectivity index (χ4n) is 4.51. The first-order valence-electron chi connectivity index (χ1n) is 11.0. The lowest BCUT2D eigenvalue weighted by Crippen LogP contribution is -2.57. The summed E-state index contributed by atoms with van der Waals surface area (Å²) in [5.74, 6) is 0.654. The number of hydrogen-bond donors (Lipinski definition) is 1. The van der Waals surface area contributed by atoms with Gasteiger partial charge in [0.2, 0.25) is 5.60 Å². The van der Waals surface area contributed by atoms with Crippen molar-refractivity contribution in [3.05, 3.63) is 75.1 Å². The highest BCUT2D eigenvalue weighted by Crippen LogP contribution is 2.40. The normalized spacial score (nSPS) is 20.0. The predicted molar refractivity (Wildman–Crippen MR) is 126 cm³/mol. The van der Waals surface area contributed by atoms with Crippen molar-refractivity contribution in [1.82, 2.24) is 0 Å². The van der Waals surface area contributed by atoms with Gasteiger partial charge >= 0.3 is 5.97 Å². The first-order chi connectivity index (χ1) is 15.7. The average Bonchev–Trinajstić information content (AvgIpc) is 3.55. The maximum Gasteiger partial charge on any atom is 0.350 e. The van der Waals surface area contributed by atoms with Crippen molar-refractivity contribution < 1.29 is 24.0 Å². The van der Waals surface area contributed by atoms with E-state index in [0.717, 1.165) is 38.1 Å². The minimum atomic E-state index is -1.75. The Morgan fingerprint density at radius 1 is 1.06 bits per heavy atom. The van der Waals surface area contributed by atoms with E-state index in [1.54, 1.807) is 12.1 Å². The number of carbonyl (C=O) groups excluding carboxylic acids is 1. The maximum atomic E-state index is 13.3. The standard InChI is InChI=1S/C25H26NO4S2/c27-24(25(28,21-9-4-15-31-21)22-10-5-16-32-22)30-23-18-11-13-26(20(23)17-18)12-6-14-29-19-7-2-1-3-8-19/h1-5,7-10,15-16,18,23,28H,6,11-14,17H2/q+1/t18-,23-/m1/s1. The van der Waals surface area contributed by atoms with E-state index in [9.17, 15) is 9.90 Å². The van der Waals surface area contributed by atoms with Gasteiger partial charge in [-0.1, -0.05) is 30.3 Å². The molecule has 3 aliphatic rings. The lowest BCUT2D eigenvalue weighted by Gasteiger charge is -2.40. The Labute approximate surface area is 195 Å². The van der Waals surface area contributed by atoms with Gasteiger partial charge in [-0.05, 0) is 35.0 Å². The van der Waals surface area contributed by atoms with Gasteiger partial charge < -0.3 is 14.6 Å². The third-order valence-corrected chi connectivity index (χ3v) is 8.23. The number of rotatable bonds is 9. The summed E-state index contributed by atoms with van der Waals surface area (Å²) in [6.07, 6.45) is 2.63. The van der Waals surface area contributed by atoms with Crippen LogP contribution in [-0.4, -0.2) is 47.2 Å². The molecule has 3 aromatic rings. The summed E-state index contributed by atoms with van der Waals surface area (Å²) in [4.78, 5) is 14.5. The van der Waals surface area contributed by atoms with Gasteiger partial charge in [-0.2, -0.15) is 0 Å². The van der Waals surface area contributed by atoms with Crippen molar-refractivity contribution in [2.75, 3.05) is 19.7 Å². The second-order valence-corrected chi connectivity index (χ2v) is 10.1. The molecule has 0 amide bonds. The van der Waals surface area contributed by atoms with Crippen molar-refractivity contribution in [2.24, 2.45) is 5.92 Å². The summed E-state index contributed by atoms with van der Waals surface area (Å²) in [5, 5.41) is 15.2. The van der Waals surface area contributed by atoms with E-state index in [1.807, 2.05) is 53.2 Å². The number of benzene rings is 1. The fourth-order valence-corrected chi connectivity index (χ4v) is 6.22. The predicted octanol–water partition coefficient (Wildman–Crippen LogP) is 4.30. The minimum Gasteiger partial charge on any atom is -0.493 e. The van der Waals surface area contributed by atoms with Gasteiger partial charge in [0.05, 0.1) is 16.4 Å². The molecule has 1 saturated carbocycles. The number of hydrogen-bond acceptors (Lipinski definition) is 6. The highest BCUT2D eigenvalue weighted by molar-refractivity contribution is 7.12. The molecule has 6 rings (SSSR count). The lowest BCUT2D eigenvalue weighted by atomic mass is 9.74. The number of esters is 1. The third kappa shape index (κ3) is 4.00. The summed E-state index contributed by atoms with van der Waals surface area (Å²) < 4.78 is 14.1. The van der Waals surface area contributed by atoms with Crippen LogP contribution in [0.15, 0.2) is 65.4 Å². The molecule has 0 unspecified atom stereocenters. The molecule has 166 valence electrons. The Bertz CT molecular complexity index is 1040. The van der Waals surface area contributed by atoms with Crippen LogP contribution >= 0.6 is 22.7 Å². The van der Waals surface area contributed by atoms with Crippen LogP contribution in [0.4, 0.5) is 0 Å². The van der Waals surface area contributed by atoms with Crippen LogP contribution in [0.25, 0.3) is 0 Å². The molecule has 4 heterocycles. The van der Waals surface area contributed by atoms with E-state index in [1.165, 1.54) is 28.4 Å². The molecule has 1 aliphatic carbocycles. The zero-order valence-corrected chi connectivity index (χ0v) is 19.3. The van der Waals surface area contributed by atoms with Gasteiger partial charge in [-0.3, -0.25) is 0 Å². The van der Waals surface area contributed by atoms with Gasteiger partial charge in [0, 0.05) is 25.2 Å². The van der Waals surface area contributed by atoms with Crippen molar-refractivity contribution in [2.45, 2.75) is 31.0 Å². The topological polar surface area (TPSA) is 58.8 Å². The molecular weight excluding hydrogens is 442 g/mol. The number of nitrogens with zero attached hydrogens (tertiary/aromatic N) is 1. The Balaban J connectivity index is 1.25. The van der Waals surface area contributed by atoms with E-state index in [-0.39, 0.29) is 6.10 Å². The molecule has 1 fully saturated rings. The molecule has 0 spiro atoms. The maximum absolute atomic E-state index is 13.3. The van der Waals surface area contributed by atoms with E-state index in [2.05, 4.69) is 4.58 Å². The largest absolute Gasteiger partial charge is 0.493 e. The van der Waals surface area contributed by atoms with E-state index in [4.69, 9.17) is 9.47 Å². The molecule has 2 bridgehead atoms. The Hall–Kier alpha value is -2.48. The van der Waals surface area contributed by atoms with Gasteiger partial charge in [0.15, 0.2) is 11.8 Å². The van der Waals surface area contributed by atoms with Crippen LogP contribution in [0, 0.1) is 5.92 Å². The van der Waals surface area contributed by atoms with Crippen LogP contribution in [-0.2, 0) is 15.1 Å².